The summed E-state index contributed by atoms with van der Waals surface area (Å²) < 4.78 is 12.7. The van der Waals surface area contributed by atoms with Gasteiger partial charge in [-0.25, -0.2) is 4.52 Å². The summed E-state index contributed by atoms with van der Waals surface area (Å²) in [5.74, 6) is 0.620. The van der Waals surface area contributed by atoms with Gasteiger partial charge in [0.25, 0.3) is 0 Å². The van der Waals surface area contributed by atoms with Gasteiger partial charge in [0.1, 0.15) is 0 Å². The second kappa shape index (κ2) is 4.91. The fraction of sp³-hybridized carbons (Fsp3) is 0.500. The highest BCUT2D eigenvalue weighted by Gasteiger charge is 2.14. The van der Waals surface area contributed by atoms with E-state index in [4.69, 9.17) is 9.47 Å². The van der Waals surface area contributed by atoms with Crippen LogP contribution in [0.2, 0.25) is 0 Å². The minimum Gasteiger partial charge on any atom is -0.376 e. The average molecular weight is 248 g/mol. The van der Waals surface area contributed by atoms with Gasteiger partial charge in [0.05, 0.1) is 25.9 Å². The molecule has 1 atom stereocenters. The molecule has 3 heterocycles. The van der Waals surface area contributed by atoms with Crippen LogP contribution in [0.1, 0.15) is 5.56 Å². The van der Waals surface area contributed by atoms with Crippen molar-refractivity contribution >= 4 is 11.6 Å². The van der Waals surface area contributed by atoms with E-state index in [1.165, 1.54) is 0 Å². The van der Waals surface area contributed by atoms with E-state index in [0.29, 0.717) is 32.3 Å². The maximum absolute atomic E-state index is 5.54. The predicted octanol–water partition coefficient (Wildman–Crippen LogP) is 0.865. The molecule has 1 aliphatic rings. The van der Waals surface area contributed by atoms with Crippen molar-refractivity contribution in [2.24, 2.45) is 0 Å². The number of anilines is 1. The molecule has 1 fully saturated rings. The third-order valence-corrected chi connectivity index (χ3v) is 2.85. The average Bonchev–Trinajstić information content (AvgIpc) is 2.79. The zero-order chi connectivity index (χ0) is 12.4. The monoisotopic (exact) mass is 248 g/mol. The lowest BCUT2D eigenvalue weighted by molar-refractivity contribution is -0.0819. The molecule has 0 bridgehead atoms. The number of nitrogens with zero attached hydrogens (tertiary/aromatic N) is 3. The third-order valence-electron chi connectivity index (χ3n) is 2.85. The van der Waals surface area contributed by atoms with Gasteiger partial charge in [0, 0.05) is 12.7 Å². The van der Waals surface area contributed by atoms with Gasteiger partial charge in [-0.3, -0.25) is 0 Å². The lowest BCUT2D eigenvalue weighted by atomic mass is 10.3. The minimum absolute atomic E-state index is 0.0760. The van der Waals surface area contributed by atoms with Crippen LogP contribution in [0, 0.1) is 6.92 Å². The molecule has 6 heteroatoms. The van der Waals surface area contributed by atoms with E-state index in [2.05, 4.69) is 15.4 Å². The number of hydrogen-bond acceptors (Lipinski definition) is 5. The number of aromatic nitrogens is 3. The summed E-state index contributed by atoms with van der Waals surface area (Å²) in [6, 6.07) is 3.97. The molecule has 6 nitrogen and oxygen atoms in total. The summed E-state index contributed by atoms with van der Waals surface area (Å²) in [5, 5.41) is 7.53. The molecule has 18 heavy (non-hydrogen) atoms. The SMILES string of the molecule is Cc1ccc2nc(NCC3COCCO3)nn2c1. The van der Waals surface area contributed by atoms with Crippen LogP contribution >= 0.6 is 0 Å². The highest BCUT2D eigenvalue weighted by molar-refractivity contribution is 5.44. The Bertz CT molecular complexity index is 534. The van der Waals surface area contributed by atoms with Crippen molar-refractivity contribution < 1.29 is 9.47 Å². The van der Waals surface area contributed by atoms with E-state index < -0.39 is 0 Å². The number of ether oxygens (including phenoxy) is 2. The summed E-state index contributed by atoms with van der Waals surface area (Å²) in [6.45, 7) is 4.66. The van der Waals surface area contributed by atoms with Crippen LogP contribution in [-0.4, -0.2) is 47.1 Å². The fourth-order valence-corrected chi connectivity index (χ4v) is 1.92. The molecule has 1 unspecified atom stereocenters. The van der Waals surface area contributed by atoms with Crippen molar-refractivity contribution in [3.63, 3.8) is 0 Å². The summed E-state index contributed by atoms with van der Waals surface area (Å²) in [4.78, 5) is 4.38. The highest BCUT2D eigenvalue weighted by atomic mass is 16.6. The molecule has 0 amide bonds. The molecule has 0 spiro atoms. The largest absolute Gasteiger partial charge is 0.376 e. The topological polar surface area (TPSA) is 60.7 Å². The van der Waals surface area contributed by atoms with Crippen LogP contribution < -0.4 is 5.32 Å². The highest BCUT2D eigenvalue weighted by Crippen LogP contribution is 2.08. The van der Waals surface area contributed by atoms with Gasteiger partial charge < -0.3 is 14.8 Å². The molecular formula is C12H16N4O2. The van der Waals surface area contributed by atoms with Crippen LogP contribution in [-0.2, 0) is 9.47 Å². The van der Waals surface area contributed by atoms with E-state index in [1.807, 2.05) is 25.3 Å². The van der Waals surface area contributed by atoms with Gasteiger partial charge in [-0.1, -0.05) is 6.07 Å². The number of nitrogens with one attached hydrogen (secondary N) is 1. The molecule has 0 saturated carbocycles. The first-order valence-electron chi connectivity index (χ1n) is 6.07. The summed E-state index contributed by atoms with van der Waals surface area (Å²) in [7, 11) is 0. The molecule has 1 aliphatic heterocycles. The van der Waals surface area contributed by atoms with Crippen molar-refractivity contribution in [3.8, 4) is 0 Å². The predicted molar refractivity (Wildman–Crippen MR) is 66.8 cm³/mol. The number of rotatable bonds is 3. The Morgan fingerprint density at radius 3 is 3.22 bits per heavy atom. The molecule has 0 aliphatic carbocycles. The normalized spacial score (nSPS) is 20.2. The Labute approximate surface area is 105 Å². The summed E-state index contributed by atoms with van der Waals surface area (Å²) in [6.07, 6.45) is 2.03. The standard InChI is InChI=1S/C12H16N4O2/c1-9-2-3-11-14-12(15-16(11)7-9)13-6-10-8-17-4-5-18-10/h2-3,7,10H,4-6,8H2,1H3,(H,13,15). The number of pyridine rings is 1. The van der Waals surface area contributed by atoms with Crippen molar-refractivity contribution in [2.75, 3.05) is 31.7 Å². The number of hydrogen-bond donors (Lipinski definition) is 1. The van der Waals surface area contributed by atoms with Gasteiger partial charge >= 0.3 is 0 Å². The third kappa shape index (κ3) is 2.44. The van der Waals surface area contributed by atoms with Gasteiger partial charge in [0.15, 0.2) is 5.65 Å². The maximum atomic E-state index is 5.54. The van der Waals surface area contributed by atoms with E-state index in [1.54, 1.807) is 4.52 Å². The maximum Gasteiger partial charge on any atom is 0.243 e. The molecule has 0 aromatic carbocycles. The van der Waals surface area contributed by atoms with E-state index >= 15 is 0 Å². The van der Waals surface area contributed by atoms with Gasteiger partial charge in [0.2, 0.25) is 5.95 Å². The Balaban J connectivity index is 1.67. The Hall–Kier alpha value is -1.66. The van der Waals surface area contributed by atoms with Crippen LogP contribution in [0.15, 0.2) is 18.3 Å². The summed E-state index contributed by atoms with van der Waals surface area (Å²) >= 11 is 0. The zero-order valence-corrected chi connectivity index (χ0v) is 10.3. The first-order chi connectivity index (χ1) is 8.81. The fourth-order valence-electron chi connectivity index (χ4n) is 1.92. The van der Waals surface area contributed by atoms with Crippen LogP contribution in [0.3, 0.4) is 0 Å². The van der Waals surface area contributed by atoms with E-state index in [-0.39, 0.29) is 6.10 Å². The van der Waals surface area contributed by atoms with Crippen LogP contribution in [0.4, 0.5) is 5.95 Å². The second-order valence-electron chi connectivity index (χ2n) is 4.39. The lowest BCUT2D eigenvalue weighted by Gasteiger charge is -2.22. The molecule has 3 rings (SSSR count). The first-order valence-corrected chi connectivity index (χ1v) is 6.07. The van der Waals surface area contributed by atoms with Crippen LogP contribution in [0.5, 0.6) is 0 Å². The van der Waals surface area contributed by atoms with Crippen molar-refractivity contribution in [1.82, 2.24) is 14.6 Å². The molecule has 1 saturated heterocycles. The zero-order valence-electron chi connectivity index (χ0n) is 10.3. The molecule has 2 aromatic heterocycles. The van der Waals surface area contributed by atoms with Crippen LogP contribution in [0.25, 0.3) is 5.65 Å². The summed E-state index contributed by atoms with van der Waals surface area (Å²) in [5.41, 5.74) is 1.99. The molecule has 2 aromatic rings. The lowest BCUT2D eigenvalue weighted by Crippen LogP contribution is -2.34. The minimum atomic E-state index is 0.0760. The molecular weight excluding hydrogens is 232 g/mol. The van der Waals surface area contributed by atoms with Gasteiger partial charge in [-0.2, -0.15) is 4.98 Å². The van der Waals surface area contributed by atoms with Gasteiger partial charge in [-0.05, 0) is 18.6 Å². The Kier molecular flexibility index (Phi) is 3.12. The second-order valence-corrected chi connectivity index (χ2v) is 4.39. The number of aryl methyl sites for hydroxylation is 1. The molecule has 1 N–H and O–H groups in total. The van der Waals surface area contributed by atoms with Crippen molar-refractivity contribution in [2.45, 2.75) is 13.0 Å². The Morgan fingerprint density at radius 1 is 1.44 bits per heavy atom. The van der Waals surface area contributed by atoms with Gasteiger partial charge in [-0.15, -0.1) is 5.10 Å². The first kappa shape index (κ1) is 11.4. The van der Waals surface area contributed by atoms with E-state index in [0.717, 1.165) is 11.2 Å². The molecule has 96 valence electrons. The van der Waals surface area contributed by atoms with E-state index in [9.17, 15) is 0 Å². The number of fused-ring (bicyclic) bond motifs is 1. The Morgan fingerprint density at radius 2 is 2.39 bits per heavy atom. The van der Waals surface area contributed by atoms with Crippen molar-refractivity contribution in [1.29, 1.82) is 0 Å². The van der Waals surface area contributed by atoms with Crippen molar-refractivity contribution in [3.05, 3.63) is 23.9 Å². The smallest absolute Gasteiger partial charge is 0.243 e. The molecule has 0 radical (unpaired) electrons. The quantitative estimate of drug-likeness (QED) is 0.873.